The summed E-state index contributed by atoms with van der Waals surface area (Å²) in [7, 11) is 1.85. The van der Waals surface area contributed by atoms with E-state index in [-0.39, 0.29) is 5.54 Å². The summed E-state index contributed by atoms with van der Waals surface area (Å²) in [6.45, 7) is 10.3. The van der Waals surface area contributed by atoms with Crippen LogP contribution in [0.25, 0.3) is 0 Å². The van der Waals surface area contributed by atoms with Crippen LogP contribution >= 0.6 is 0 Å². The lowest BCUT2D eigenvalue weighted by atomic mass is 10.1. The SMILES string of the molecule is CN=C(NCCNC(C)(C)C)N1CCC(Oc2ccccc2)CC1. The van der Waals surface area contributed by atoms with Gasteiger partial charge in [-0.1, -0.05) is 18.2 Å². The number of piperidine rings is 1. The Kier molecular flexibility index (Phi) is 6.91. The molecule has 0 amide bonds. The minimum absolute atomic E-state index is 0.151. The summed E-state index contributed by atoms with van der Waals surface area (Å²) in [6, 6.07) is 10.1. The highest BCUT2D eigenvalue weighted by atomic mass is 16.5. The first kappa shape index (κ1) is 18.6. The Morgan fingerprint density at radius 1 is 1.17 bits per heavy atom. The molecule has 0 aliphatic carbocycles. The summed E-state index contributed by atoms with van der Waals surface area (Å²) in [5.41, 5.74) is 0.151. The van der Waals surface area contributed by atoms with E-state index < -0.39 is 0 Å². The molecule has 134 valence electrons. The lowest BCUT2D eigenvalue weighted by Gasteiger charge is -2.34. The molecule has 1 aliphatic heterocycles. The molecule has 1 fully saturated rings. The Balaban J connectivity index is 1.71. The first-order valence-electron chi connectivity index (χ1n) is 8.90. The number of aliphatic imine (C=N–C) groups is 1. The molecule has 1 saturated heterocycles. The number of likely N-dealkylation sites (tertiary alicyclic amines) is 1. The third-order valence-corrected chi connectivity index (χ3v) is 4.06. The molecular formula is C19H32N4O. The van der Waals surface area contributed by atoms with E-state index in [1.54, 1.807) is 0 Å². The molecule has 0 unspecified atom stereocenters. The largest absolute Gasteiger partial charge is 0.490 e. The molecule has 0 radical (unpaired) electrons. The third-order valence-electron chi connectivity index (χ3n) is 4.06. The van der Waals surface area contributed by atoms with Crippen LogP contribution < -0.4 is 15.4 Å². The second kappa shape index (κ2) is 8.92. The highest BCUT2D eigenvalue weighted by Crippen LogP contribution is 2.18. The minimum Gasteiger partial charge on any atom is -0.490 e. The van der Waals surface area contributed by atoms with Crippen LogP contribution in [0.4, 0.5) is 0 Å². The van der Waals surface area contributed by atoms with Crippen LogP contribution in [0.15, 0.2) is 35.3 Å². The Morgan fingerprint density at radius 2 is 1.83 bits per heavy atom. The molecule has 2 N–H and O–H groups in total. The van der Waals surface area contributed by atoms with Crippen LogP contribution in [-0.4, -0.2) is 55.7 Å². The Bertz CT molecular complexity index is 502. The van der Waals surface area contributed by atoms with Gasteiger partial charge in [-0.3, -0.25) is 4.99 Å². The van der Waals surface area contributed by atoms with E-state index in [2.05, 4.69) is 41.3 Å². The van der Waals surface area contributed by atoms with Gasteiger partial charge in [0.2, 0.25) is 0 Å². The van der Waals surface area contributed by atoms with Gasteiger partial charge < -0.3 is 20.3 Å². The zero-order valence-corrected chi connectivity index (χ0v) is 15.5. The molecule has 1 aromatic rings. The number of hydrogen-bond donors (Lipinski definition) is 2. The van der Waals surface area contributed by atoms with E-state index >= 15 is 0 Å². The van der Waals surface area contributed by atoms with Gasteiger partial charge >= 0.3 is 0 Å². The quantitative estimate of drug-likeness (QED) is 0.494. The van der Waals surface area contributed by atoms with Gasteiger partial charge in [0.25, 0.3) is 0 Å². The van der Waals surface area contributed by atoms with Gasteiger partial charge in [0.05, 0.1) is 0 Å². The zero-order chi connectivity index (χ0) is 17.4. The zero-order valence-electron chi connectivity index (χ0n) is 15.5. The van der Waals surface area contributed by atoms with Crippen molar-refractivity contribution in [2.75, 3.05) is 33.2 Å². The van der Waals surface area contributed by atoms with Gasteiger partial charge in [0.15, 0.2) is 5.96 Å². The fourth-order valence-electron chi connectivity index (χ4n) is 2.82. The second-order valence-electron chi connectivity index (χ2n) is 7.27. The first-order valence-corrected chi connectivity index (χ1v) is 8.90. The molecule has 1 aromatic carbocycles. The van der Waals surface area contributed by atoms with Crippen LogP contribution in [0, 0.1) is 0 Å². The monoisotopic (exact) mass is 332 g/mol. The number of para-hydroxylation sites is 1. The Labute approximate surface area is 146 Å². The highest BCUT2D eigenvalue weighted by Gasteiger charge is 2.22. The van der Waals surface area contributed by atoms with Gasteiger partial charge in [-0.2, -0.15) is 0 Å². The summed E-state index contributed by atoms with van der Waals surface area (Å²) in [6.07, 6.45) is 2.34. The van der Waals surface area contributed by atoms with E-state index in [0.29, 0.717) is 6.10 Å². The second-order valence-corrected chi connectivity index (χ2v) is 7.27. The minimum atomic E-state index is 0.151. The van der Waals surface area contributed by atoms with Crippen LogP contribution in [0.1, 0.15) is 33.6 Å². The smallest absolute Gasteiger partial charge is 0.193 e. The molecule has 0 saturated carbocycles. The molecule has 1 heterocycles. The summed E-state index contributed by atoms with van der Waals surface area (Å²) in [5.74, 6) is 1.95. The molecular weight excluding hydrogens is 300 g/mol. The maximum atomic E-state index is 6.06. The van der Waals surface area contributed by atoms with Crippen LogP contribution in [0.3, 0.4) is 0 Å². The molecule has 24 heavy (non-hydrogen) atoms. The number of benzene rings is 1. The number of nitrogens with one attached hydrogen (secondary N) is 2. The van der Waals surface area contributed by atoms with Crippen LogP contribution in [-0.2, 0) is 0 Å². The summed E-state index contributed by atoms with van der Waals surface area (Å²) >= 11 is 0. The topological polar surface area (TPSA) is 48.9 Å². The fourth-order valence-corrected chi connectivity index (χ4v) is 2.82. The van der Waals surface area contributed by atoms with Crippen LogP contribution in [0.5, 0.6) is 5.75 Å². The van der Waals surface area contributed by atoms with Crippen molar-refractivity contribution >= 4 is 5.96 Å². The summed E-state index contributed by atoms with van der Waals surface area (Å²) in [5, 5.41) is 6.93. The fraction of sp³-hybridized carbons (Fsp3) is 0.632. The third kappa shape index (κ3) is 6.40. The predicted molar refractivity (Wildman–Crippen MR) is 101 cm³/mol. The molecule has 0 spiro atoms. The average molecular weight is 332 g/mol. The predicted octanol–water partition coefficient (Wildman–Crippen LogP) is 2.49. The average Bonchev–Trinajstić information content (AvgIpc) is 2.56. The maximum Gasteiger partial charge on any atom is 0.193 e. The highest BCUT2D eigenvalue weighted by molar-refractivity contribution is 5.79. The first-order chi connectivity index (χ1) is 11.5. The van der Waals surface area contributed by atoms with Crippen molar-refractivity contribution in [3.05, 3.63) is 30.3 Å². The van der Waals surface area contributed by atoms with Crippen molar-refractivity contribution in [1.29, 1.82) is 0 Å². The Hall–Kier alpha value is -1.75. The van der Waals surface area contributed by atoms with Crippen molar-refractivity contribution in [2.45, 2.75) is 45.3 Å². The molecule has 5 heteroatoms. The van der Waals surface area contributed by atoms with E-state index in [1.807, 2.05) is 37.4 Å². The number of guanidine groups is 1. The standard InChI is InChI=1S/C19H32N4O/c1-19(2,3)22-13-12-21-18(20-4)23-14-10-17(11-15-23)24-16-8-6-5-7-9-16/h5-9,17,22H,10-15H2,1-4H3,(H,20,21). The summed E-state index contributed by atoms with van der Waals surface area (Å²) in [4.78, 5) is 6.74. The summed E-state index contributed by atoms with van der Waals surface area (Å²) < 4.78 is 6.06. The molecule has 5 nitrogen and oxygen atoms in total. The molecule has 2 rings (SSSR count). The van der Waals surface area contributed by atoms with Gasteiger partial charge in [-0.25, -0.2) is 0 Å². The maximum absolute atomic E-state index is 6.06. The van der Waals surface area contributed by atoms with Crippen molar-refractivity contribution in [1.82, 2.24) is 15.5 Å². The lowest BCUT2D eigenvalue weighted by molar-refractivity contribution is 0.129. The van der Waals surface area contributed by atoms with E-state index in [9.17, 15) is 0 Å². The molecule has 0 bridgehead atoms. The number of ether oxygens (including phenoxy) is 1. The van der Waals surface area contributed by atoms with E-state index in [0.717, 1.165) is 50.7 Å². The van der Waals surface area contributed by atoms with Gasteiger partial charge in [0.1, 0.15) is 11.9 Å². The molecule has 0 aromatic heterocycles. The van der Waals surface area contributed by atoms with Crippen molar-refractivity contribution in [3.8, 4) is 5.75 Å². The molecule has 1 aliphatic rings. The van der Waals surface area contributed by atoms with E-state index in [4.69, 9.17) is 4.74 Å². The lowest BCUT2D eigenvalue weighted by Crippen LogP contribution is -2.49. The number of nitrogens with zero attached hydrogens (tertiary/aromatic N) is 2. The van der Waals surface area contributed by atoms with Gasteiger partial charge in [-0.05, 0) is 32.9 Å². The van der Waals surface area contributed by atoms with Crippen molar-refractivity contribution in [3.63, 3.8) is 0 Å². The van der Waals surface area contributed by atoms with Gasteiger partial charge in [0, 0.05) is 51.6 Å². The number of rotatable bonds is 5. The normalized spacial score (nSPS) is 17.0. The number of hydrogen-bond acceptors (Lipinski definition) is 3. The molecule has 0 atom stereocenters. The van der Waals surface area contributed by atoms with Crippen molar-refractivity contribution < 1.29 is 4.74 Å². The van der Waals surface area contributed by atoms with Crippen LogP contribution in [0.2, 0.25) is 0 Å². The van der Waals surface area contributed by atoms with E-state index in [1.165, 1.54) is 0 Å². The van der Waals surface area contributed by atoms with Crippen molar-refractivity contribution in [2.24, 2.45) is 4.99 Å². The van der Waals surface area contributed by atoms with Gasteiger partial charge in [-0.15, -0.1) is 0 Å². The Morgan fingerprint density at radius 3 is 2.42 bits per heavy atom.